The number of nitrogens with two attached hydrogens (primary N) is 1. The molecule has 0 bridgehead atoms. The van der Waals surface area contributed by atoms with E-state index in [9.17, 15) is 13.2 Å². The van der Waals surface area contributed by atoms with E-state index < -0.39 is 17.9 Å². The lowest BCUT2D eigenvalue weighted by Crippen LogP contribution is -2.45. The van der Waals surface area contributed by atoms with Crippen molar-refractivity contribution in [3.63, 3.8) is 0 Å². The van der Waals surface area contributed by atoms with Gasteiger partial charge in [0.1, 0.15) is 5.92 Å². The molecule has 94 valence electrons. The zero-order chi connectivity index (χ0) is 12.3. The van der Waals surface area contributed by atoms with E-state index in [4.69, 9.17) is 10.9 Å². The second kappa shape index (κ2) is 4.90. The molecule has 1 aliphatic rings. The highest BCUT2D eigenvalue weighted by atomic mass is 19.4. The molecule has 0 aromatic heterocycles. The van der Waals surface area contributed by atoms with Gasteiger partial charge in [0.05, 0.1) is 0 Å². The first-order valence-corrected chi connectivity index (χ1v) is 5.18. The molecule has 3 N–H and O–H groups in total. The maximum atomic E-state index is 12.6. The van der Waals surface area contributed by atoms with Crippen LogP contribution in [0, 0.1) is 5.92 Å². The van der Waals surface area contributed by atoms with Crippen LogP contribution < -0.4 is 5.73 Å². The molecule has 1 atom stereocenters. The Morgan fingerprint density at radius 2 is 2.12 bits per heavy atom. The summed E-state index contributed by atoms with van der Waals surface area (Å²) in [5, 5.41) is 10.8. The molecule has 0 radical (unpaired) electrons. The van der Waals surface area contributed by atoms with Gasteiger partial charge in [-0.3, -0.25) is 4.90 Å². The van der Waals surface area contributed by atoms with Crippen LogP contribution in [0.5, 0.6) is 0 Å². The summed E-state index contributed by atoms with van der Waals surface area (Å²) in [6.45, 7) is 2.11. The second-order valence-corrected chi connectivity index (χ2v) is 3.94. The number of amidine groups is 1. The maximum Gasteiger partial charge on any atom is 0.400 e. The standard InChI is InChI=1S/C9H16F3N3O/c1-2-15(6-3-4-6)5-7(8(13)14-16)9(10,11)12/h6-7,16H,2-5H2,1H3,(H2,13,14). The molecular formula is C9H16F3N3O. The largest absolute Gasteiger partial charge is 0.409 e. The topological polar surface area (TPSA) is 61.8 Å². The highest BCUT2D eigenvalue weighted by molar-refractivity contribution is 5.83. The molecule has 0 heterocycles. The average Bonchev–Trinajstić information content (AvgIpc) is 3.00. The Bertz CT molecular complexity index is 263. The molecule has 0 aliphatic heterocycles. The monoisotopic (exact) mass is 239 g/mol. The van der Waals surface area contributed by atoms with Gasteiger partial charge in [-0.25, -0.2) is 0 Å². The van der Waals surface area contributed by atoms with Gasteiger partial charge in [0.2, 0.25) is 0 Å². The summed E-state index contributed by atoms with van der Waals surface area (Å²) in [4.78, 5) is 1.72. The van der Waals surface area contributed by atoms with Crippen LogP contribution in [0.1, 0.15) is 19.8 Å². The minimum Gasteiger partial charge on any atom is -0.409 e. The highest BCUT2D eigenvalue weighted by Crippen LogP contribution is 2.32. The Balaban J connectivity index is 2.69. The van der Waals surface area contributed by atoms with Crippen molar-refractivity contribution in [2.24, 2.45) is 16.8 Å². The Hall–Kier alpha value is -0.980. The van der Waals surface area contributed by atoms with Crippen molar-refractivity contribution in [1.29, 1.82) is 0 Å². The Morgan fingerprint density at radius 1 is 1.56 bits per heavy atom. The molecule has 1 unspecified atom stereocenters. The summed E-state index contributed by atoms with van der Waals surface area (Å²) < 4.78 is 37.9. The second-order valence-electron chi connectivity index (χ2n) is 3.94. The zero-order valence-electron chi connectivity index (χ0n) is 9.04. The molecule has 0 saturated heterocycles. The third-order valence-electron chi connectivity index (χ3n) is 2.75. The van der Waals surface area contributed by atoms with E-state index >= 15 is 0 Å². The summed E-state index contributed by atoms with van der Waals surface area (Å²) in [6, 6.07) is 0.223. The van der Waals surface area contributed by atoms with Crippen LogP contribution in [0.3, 0.4) is 0 Å². The summed E-state index contributed by atoms with van der Waals surface area (Å²) in [7, 11) is 0. The molecule has 0 spiro atoms. The smallest absolute Gasteiger partial charge is 0.400 e. The van der Waals surface area contributed by atoms with Crippen molar-refractivity contribution in [2.75, 3.05) is 13.1 Å². The molecule has 7 heteroatoms. The van der Waals surface area contributed by atoms with E-state index in [1.54, 1.807) is 11.8 Å². The highest BCUT2D eigenvalue weighted by Gasteiger charge is 2.45. The van der Waals surface area contributed by atoms with Crippen molar-refractivity contribution in [1.82, 2.24) is 4.90 Å². The third-order valence-corrected chi connectivity index (χ3v) is 2.75. The van der Waals surface area contributed by atoms with Gasteiger partial charge < -0.3 is 10.9 Å². The van der Waals surface area contributed by atoms with E-state index in [-0.39, 0.29) is 12.6 Å². The number of oxime groups is 1. The number of halogens is 3. The van der Waals surface area contributed by atoms with Gasteiger partial charge in [-0.2, -0.15) is 13.2 Å². The van der Waals surface area contributed by atoms with Crippen LogP contribution in [0.15, 0.2) is 5.16 Å². The van der Waals surface area contributed by atoms with Gasteiger partial charge >= 0.3 is 6.18 Å². The molecule has 0 aromatic rings. The molecule has 4 nitrogen and oxygen atoms in total. The minimum absolute atomic E-state index is 0.223. The van der Waals surface area contributed by atoms with Crippen LogP contribution in [0.25, 0.3) is 0 Å². The number of nitrogens with zero attached hydrogens (tertiary/aromatic N) is 2. The first-order valence-electron chi connectivity index (χ1n) is 5.18. The molecule has 0 aromatic carbocycles. The number of hydrogen-bond acceptors (Lipinski definition) is 3. The van der Waals surface area contributed by atoms with Crippen molar-refractivity contribution in [3.05, 3.63) is 0 Å². The Morgan fingerprint density at radius 3 is 2.44 bits per heavy atom. The minimum atomic E-state index is -4.47. The Kier molecular flexibility index (Phi) is 4.01. The van der Waals surface area contributed by atoms with Crippen molar-refractivity contribution < 1.29 is 18.4 Å². The van der Waals surface area contributed by atoms with Crippen LogP contribution in [0.2, 0.25) is 0 Å². The summed E-state index contributed by atoms with van der Waals surface area (Å²) in [5.74, 6) is -2.66. The molecule has 1 aliphatic carbocycles. The summed E-state index contributed by atoms with van der Waals surface area (Å²) >= 11 is 0. The molecule has 16 heavy (non-hydrogen) atoms. The van der Waals surface area contributed by atoms with Gasteiger partial charge in [-0.15, -0.1) is 0 Å². The van der Waals surface area contributed by atoms with Crippen LogP contribution in [-0.4, -0.2) is 41.3 Å². The zero-order valence-corrected chi connectivity index (χ0v) is 9.04. The molecule has 1 saturated carbocycles. The van der Waals surface area contributed by atoms with Crippen LogP contribution >= 0.6 is 0 Å². The van der Waals surface area contributed by atoms with Crippen molar-refractivity contribution >= 4 is 5.84 Å². The van der Waals surface area contributed by atoms with Crippen LogP contribution in [0.4, 0.5) is 13.2 Å². The van der Waals surface area contributed by atoms with Gasteiger partial charge in [-0.05, 0) is 19.4 Å². The van der Waals surface area contributed by atoms with Crippen molar-refractivity contribution in [3.8, 4) is 0 Å². The maximum absolute atomic E-state index is 12.6. The van der Waals surface area contributed by atoms with E-state index in [0.29, 0.717) is 6.54 Å². The van der Waals surface area contributed by atoms with Gasteiger partial charge in [0.15, 0.2) is 5.84 Å². The van der Waals surface area contributed by atoms with E-state index in [2.05, 4.69) is 5.16 Å². The number of hydrogen-bond donors (Lipinski definition) is 2. The lowest BCUT2D eigenvalue weighted by Gasteiger charge is -2.26. The fourth-order valence-corrected chi connectivity index (χ4v) is 1.64. The lowest BCUT2D eigenvalue weighted by atomic mass is 10.1. The number of alkyl halides is 3. The summed E-state index contributed by atoms with van der Waals surface area (Å²) in [5.41, 5.74) is 5.08. The number of rotatable bonds is 5. The van der Waals surface area contributed by atoms with Gasteiger partial charge in [0.25, 0.3) is 0 Å². The van der Waals surface area contributed by atoms with Crippen molar-refractivity contribution in [2.45, 2.75) is 32.0 Å². The first-order chi connectivity index (χ1) is 7.40. The molecule has 1 fully saturated rings. The molecule has 0 amide bonds. The average molecular weight is 239 g/mol. The van der Waals surface area contributed by atoms with Gasteiger partial charge in [-0.1, -0.05) is 12.1 Å². The van der Waals surface area contributed by atoms with Gasteiger partial charge in [0, 0.05) is 12.6 Å². The van der Waals surface area contributed by atoms with E-state index in [1.165, 1.54) is 0 Å². The predicted octanol–water partition coefficient (Wildman–Crippen LogP) is 1.40. The summed E-state index contributed by atoms with van der Waals surface area (Å²) in [6.07, 6.45) is -2.62. The SMILES string of the molecule is CCN(CC(C(N)=NO)C(F)(F)F)C1CC1. The Labute approximate surface area is 91.9 Å². The fraction of sp³-hybridized carbons (Fsp3) is 0.889. The van der Waals surface area contributed by atoms with Crippen LogP contribution in [-0.2, 0) is 0 Å². The normalized spacial score (nSPS) is 20.2. The molecule has 1 rings (SSSR count). The quantitative estimate of drug-likeness (QED) is 0.330. The van der Waals surface area contributed by atoms with E-state index in [0.717, 1.165) is 12.8 Å². The molecular weight excluding hydrogens is 223 g/mol. The fourth-order valence-electron chi connectivity index (χ4n) is 1.64. The first kappa shape index (κ1) is 13.1. The lowest BCUT2D eigenvalue weighted by molar-refractivity contribution is -0.160. The predicted molar refractivity (Wildman–Crippen MR) is 53.2 cm³/mol. The third kappa shape index (κ3) is 3.26. The van der Waals surface area contributed by atoms with E-state index in [1.807, 2.05) is 0 Å².